The van der Waals surface area contributed by atoms with Gasteiger partial charge in [-0.05, 0) is 67.3 Å². The number of hydrazine groups is 2. The summed E-state index contributed by atoms with van der Waals surface area (Å²) in [5.41, 5.74) is 8.56. The van der Waals surface area contributed by atoms with Crippen LogP contribution in [-0.2, 0) is 54.3 Å². The topological polar surface area (TPSA) is 99.7 Å². The third-order valence-corrected chi connectivity index (χ3v) is 9.95. The number of halogens is 4. The monoisotopic (exact) mass is 1090 g/mol. The van der Waals surface area contributed by atoms with Crippen LogP contribution in [0.1, 0.15) is 79.0 Å². The number of aryl methyl sites for hydroxylation is 6. The summed E-state index contributed by atoms with van der Waals surface area (Å²) in [6.07, 6.45) is 3.89. The fourth-order valence-electron chi connectivity index (χ4n) is 6.58. The summed E-state index contributed by atoms with van der Waals surface area (Å²) in [5, 5.41) is 6.13. The van der Waals surface area contributed by atoms with E-state index in [1.807, 2.05) is 0 Å². The minimum atomic E-state index is -0.682. The van der Waals surface area contributed by atoms with Crippen molar-refractivity contribution in [2.45, 2.75) is 79.6 Å². The summed E-state index contributed by atoms with van der Waals surface area (Å²) in [6.45, 7) is 16.7. The molecule has 4 aliphatic heterocycles. The van der Waals surface area contributed by atoms with E-state index >= 15 is 0 Å². The standard InChI is InChI=1S/C18H24N2O3.C11H15Br.C7H10N2O3.I3/c1-4-13-10-12(3)11-14(5-2)15(13)16-17(21)19-6-8-23-9-7-20(19)18(16)22;1-4-9-6-8(3)7-10(5-2)11(9)12;10-6-5-7(11)9-2-4-12-3-1-8(6)9;1-3-2/h10-11,16H,4-9H2,1-3H3;6-7H,4-5H2,1-3H3;1-5H2;/q;;;-1. The maximum absolute atomic E-state index is 12.9. The van der Waals surface area contributed by atoms with Crippen LogP contribution in [0.2, 0.25) is 0 Å². The largest absolute Gasteiger partial charge is 0.378 e. The Bertz CT molecular complexity index is 1420. The molecule has 50 heavy (non-hydrogen) atoms. The van der Waals surface area contributed by atoms with E-state index < -0.39 is 5.92 Å². The van der Waals surface area contributed by atoms with E-state index in [2.05, 4.69) is 119 Å². The van der Waals surface area contributed by atoms with Gasteiger partial charge in [0, 0.05) is 4.47 Å². The quantitative estimate of drug-likeness (QED) is 0.337. The second kappa shape index (κ2) is 21.6. The fraction of sp³-hybridized carbons (Fsp3) is 0.556. The molecule has 0 saturated carbocycles. The molecular weight excluding hydrogens is 1050 g/mol. The van der Waals surface area contributed by atoms with Crippen molar-refractivity contribution in [1.29, 1.82) is 0 Å². The number of carbonyl (C=O) groups is 4. The van der Waals surface area contributed by atoms with Crippen LogP contribution in [-0.4, -0.2) is 96.3 Å². The third kappa shape index (κ3) is 11.0. The van der Waals surface area contributed by atoms with Crippen molar-refractivity contribution in [3.05, 3.63) is 67.7 Å². The number of rotatable bonds is 5. The molecule has 0 aromatic heterocycles. The van der Waals surface area contributed by atoms with Crippen molar-refractivity contribution in [3.8, 4) is 0 Å². The predicted molar refractivity (Wildman–Crippen MR) is 211 cm³/mol. The van der Waals surface area contributed by atoms with Gasteiger partial charge in [0.05, 0.1) is 52.6 Å². The number of hydrogen-bond acceptors (Lipinski definition) is 6. The Morgan fingerprint density at radius 2 is 0.960 bits per heavy atom. The van der Waals surface area contributed by atoms with Crippen LogP contribution in [0.4, 0.5) is 0 Å². The minimum Gasteiger partial charge on any atom is -0.378 e. The van der Waals surface area contributed by atoms with E-state index in [0.717, 1.165) is 42.4 Å². The van der Waals surface area contributed by atoms with Crippen LogP contribution < -0.4 is 13.3 Å². The van der Waals surface area contributed by atoms with Crippen LogP contribution in [0.5, 0.6) is 0 Å². The molecule has 2 aromatic rings. The number of benzene rings is 2. The summed E-state index contributed by atoms with van der Waals surface area (Å²) in [7, 11) is 0. The van der Waals surface area contributed by atoms with Gasteiger partial charge in [-0.3, -0.25) is 19.2 Å². The molecule has 278 valence electrons. The van der Waals surface area contributed by atoms with Crippen LogP contribution >= 0.6 is 53.2 Å². The molecule has 0 spiro atoms. The molecule has 0 radical (unpaired) electrons. The normalized spacial score (nSPS) is 17.6. The zero-order valence-electron chi connectivity index (χ0n) is 29.8. The zero-order valence-corrected chi connectivity index (χ0v) is 37.9. The van der Waals surface area contributed by atoms with E-state index in [0.29, 0.717) is 65.9 Å². The second-order valence-electron chi connectivity index (χ2n) is 12.2. The van der Waals surface area contributed by atoms with Gasteiger partial charge in [0.25, 0.3) is 23.6 Å². The first kappa shape index (κ1) is 43.3. The van der Waals surface area contributed by atoms with Crippen LogP contribution in [0.15, 0.2) is 28.7 Å². The fourth-order valence-corrected chi connectivity index (χ4v) is 7.37. The maximum Gasteiger partial charge on any atom is 0.250 e. The number of carbonyl (C=O) groups excluding carboxylic acids is 4. The molecule has 6 rings (SSSR count). The molecule has 4 aliphatic rings. The Kier molecular flexibility index (Phi) is 18.7. The Balaban J connectivity index is 0.000000211. The minimum absolute atomic E-state index is 0.0278. The molecular formula is C36H49BrI3N4O6-. The first-order valence-electron chi connectivity index (χ1n) is 17.1. The van der Waals surface area contributed by atoms with Gasteiger partial charge in [-0.25, -0.2) is 20.0 Å². The summed E-state index contributed by atoms with van der Waals surface area (Å²) in [4.78, 5) is 48.2. The Morgan fingerprint density at radius 3 is 1.30 bits per heavy atom. The summed E-state index contributed by atoms with van der Waals surface area (Å²) < 4.78 is 11.8. The number of nitrogens with zero attached hydrogens (tertiary/aromatic N) is 4. The van der Waals surface area contributed by atoms with Crippen molar-refractivity contribution in [2.24, 2.45) is 0 Å². The van der Waals surface area contributed by atoms with E-state index in [1.54, 1.807) is 10.0 Å². The SMILES string of the molecule is CCc1cc(C)cc(CC)c1Br.CCc1cc(C)cc(CC)c1C1C(=O)N2CCOCCN2C1=O.I[I-]I.O=C1CC(=O)N2CCOCCN12. The van der Waals surface area contributed by atoms with Gasteiger partial charge in [-0.2, -0.15) is 0 Å². The van der Waals surface area contributed by atoms with Gasteiger partial charge in [-0.1, -0.05) is 79.0 Å². The number of ether oxygens (including phenoxy) is 2. The maximum atomic E-state index is 12.9. The smallest absolute Gasteiger partial charge is 0.250 e. The zero-order chi connectivity index (χ0) is 37.0. The van der Waals surface area contributed by atoms with Crippen molar-refractivity contribution >= 4 is 76.8 Å². The average Bonchev–Trinajstić information content (AvgIpc) is 3.33. The Hall–Kier alpha value is -1.09. The van der Waals surface area contributed by atoms with Crippen LogP contribution in [0.3, 0.4) is 0 Å². The molecule has 0 aliphatic carbocycles. The van der Waals surface area contributed by atoms with E-state index in [1.165, 1.54) is 36.7 Å². The second-order valence-corrected chi connectivity index (χ2v) is 29.2. The first-order chi connectivity index (χ1) is 24.0. The summed E-state index contributed by atoms with van der Waals surface area (Å²) in [5.74, 6) is -1.10. The van der Waals surface area contributed by atoms with Crippen LogP contribution in [0, 0.1) is 13.8 Å². The van der Waals surface area contributed by atoms with E-state index in [9.17, 15) is 19.2 Å². The van der Waals surface area contributed by atoms with Gasteiger partial charge < -0.3 is 9.47 Å². The Morgan fingerprint density at radius 1 is 0.640 bits per heavy atom. The average molecular weight is 1090 g/mol. The molecule has 4 saturated heterocycles. The number of hydrogen-bond donors (Lipinski definition) is 0. The van der Waals surface area contributed by atoms with E-state index in [4.69, 9.17) is 9.47 Å². The Labute approximate surface area is 335 Å². The van der Waals surface area contributed by atoms with Crippen molar-refractivity contribution in [2.75, 3.05) is 52.6 Å². The van der Waals surface area contributed by atoms with Crippen molar-refractivity contribution in [1.82, 2.24) is 20.0 Å². The number of fused-ring (bicyclic) bond motifs is 2. The summed E-state index contributed by atoms with van der Waals surface area (Å²) in [6, 6.07) is 8.72. The molecule has 4 heterocycles. The molecule has 0 atom stereocenters. The number of amides is 4. The molecule has 0 unspecified atom stereocenters. The summed E-state index contributed by atoms with van der Waals surface area (Å²) >= 11 is 8.94. The molecule has 0 bridgehead atoms. The van der Waals surface area contributed by atoms with E-state index in [-0.39, 0.29) is 30.0 Å². The van der Waals surface area contributed by atoms with Crippen molar-refractivity contribution in [3.63, 3.8) is 0 Å². The molecule has 14 heteroatoms. The molecule has 4 amide bonds. The predicted octanol–water partition coefficient (Wildman–Crippen LogP) is 3.47. The first-order valence-corrected chi connectivity index (χ1v) is 30.5. The van der Waals surface area contributed by atoms with Gasteiger partial charge in [-0.15, -0.1) is 0 Å². The molecule has 2 aromatic carbocycles. The van der Waals surface area contributed by atoms with Crippen molar-refractivity contribution < 1.29 is 41.9 Å². The van der Waals surface area contributed by atoms with Gasteiger partial charge in [0.2, 0.25) is 0 Å². The van der Waals surface area contributed by atoms with Crippen LogP contribution in [0.25, 0.3) is 0 Å². The van der Waals surface area contributed by atoms with Gasteiger partial charge >= 0.3 is 50.5 Å². The molecule has 0 N–H and O–H groups in total. The molecule has 10 nitrogen and oxygen atoms in total. The van der Waals surface area contributed by atoms with Gasteiger partial charge in [0.1, 0.15) is 12.3 Å². The van der Waals surface area contributed by atoms with Gasteiger partial charge in [0.15, 0.2) is 0 Å². The third-order valence-electron chi connectivity index (χ3n) is 8.93. The molecule has 4 fully saturated rings.